The highest BCUT2D eigenvalue weighted by molar-refractivity contribution is 14.1. The Balaban J connectivity index is 1.62. The minimum absolute atomic E-state index is 0.165. The number of anilines is 1. The van der Waals surface area contributed by atoms with Crippen LogP contribution in [0.25, 0.3) is 0 Å². The number of para-hydroxylation sites is 1. The number of benzene rings is 3. The van der Waals surface area contributed by atoms with Gasteiger partial charge in [-0.1, -0.05) is 35.9 Å². The summed E-state index contributed by atoms with van der Waals surface area (Å²) < 4.78 is 11.9. The lowest BCUT2D eigenvalue weighted by molar-refractivity contribution is -0.118. The molecule has 0 radical (unpaired) electrons. The van der Waals surface area contributed by atoms with Gasteiger partial charge in [-0.2, -0.15) is 5.10 Å². The Kier molecular flexibility index (Phi) is 8.20. The minimum Gasteiger partial charge on any atom is -0.493 e. The lowest BCUT2D eigenvalue weighted by atomic mass is 10.1. The number of ether oxygens (including phenoxy) is 2. The zero-order valence-electron chi connectivity index (χ0n) is 17.6. The van der Waals surface area contributed by atoms with E-state index in [1.165, 1.54) is 13.3 Å². The van der Waals surface area contributed by atoms with Crippen LogP contribution >= 0.6 is 22.6 Å². The van der Waals surface area contributed by atoms with Gasteiger partial charge in [-0.15, -0.1) is 0 Å². The maximum atomic E-state index is 12.2. The van der Waals surface area contributed by atoms with Crippen LogP contribution in [0.4, 0.5) is 5.69 Å². The van der Waals surface area contributed by atoms with Crippen LogP contribution in [0.3, 0.4) is 0 Å². The topological polar surface area (TPSA) is 89.0 Å². The maximum Gasteiger partial charge on any atom is 0.271 e. The Bertz CT molecular complexity index is 1120. The van der Waals surface area contributed by atoms with Crippen molar-refractivity contribution in [1.29, 1.82) is 0 Å². The summed E-state index contributed by atoms with van der Waals surface area (Å²) in [5.74, 6) is 0.332. The van der Waals surface area contributed by atoms with Gasteiger partial charge in [-0.25, -0.2) is 5.43 Å². The summed E-state index contributed by atoms with van der Waals surface area (Å²) in [6.45, 7) is 1.79. The largest absolute Gasteiger partial charge is 0.493 e. The fourth-order valence-electron chi connectivity index (χ4n) is 2.75. The number of hydrazone groups is 1. The second-order valence-electron chi connectivity index (χ2n) is 6.80. The molecule has 0 saturated carbocycles. The fourth-order valence-corrected chi connectivity index (χ4v) is 3.53. The van der Waals surface area contributed by atoms with Gasteiger partial charge < -0.3 is 14.8 Å². The Morgan fingerprint density at radius 1 is 1.06 bits per heavy atom. The van der Waals surface area contributed by atoms with Crippen LogP contribution in [0.15, 0.2) is 71.8 Å². The molecule has 0 unspecified atom stereocenters. The Labute approximate surface area is 200 Å². The molecule has 0 aliphatic rings. The number of carbonyl (C=O) groups excluding carboxylic acids is 2. The van der Waals surface area contributed by atoms with E-state index in [0.717, 1.165) is 9.13 Å². The van der Waals surface area contributed by atoms with E-state index < -0.39 is 0 Å². The van der Waals surface area contributed by atoms with Gasteiger partial charge in [0.15, 0.2) is 18.1 Å². The van der Waals surface area contributed by atoms with Crippen LogP contribution in [0, 0.1) is 10.5 Å². The van der Waals surface area contributed by atoms with Gasteiger partial charge in [0.05, 0.1) is 16.9 Å². The molecule has 0 aliphatic carbocycles. The number of hydrogen-bond donors (Lipinski definition) is 2. The standard InChI is InChI=1S/C24H22IN3O4/c1-16-8-10-18(11-9-16)24(30)28-26-14-17-12-20(25)23(21(13-17)31-2)32-15-22(29)27-19-6-4-3-5-7-19/h3-14H,15H2,1-2H3,(H,27,29)(H,28,30)/b26-14+. The Hall–Kier alpha value is -3.40. The third-order valence-corrected chi connectivity index (χ3v) is 5.15. The summed E-state index contributed by atoms with van der Waals surface area (Å²) >= 11 is 2.10. The van der Waals surface area contributed by atoms with Gasteiger partial charge in [0, 0.05) is 11.3 Å². The number of halogens is 1. The molecule has 0 fully saturated rings. The number of aryl methyl sites for hydroxylation is 1. The summed E-state index contributed by atoms with van der Waals surface area (Å²) in [6, 6.07) is 19.9. The van der Waals surface area contributed by atoms with E-state index >= 15 is 0 Å². The van der Waals surface area contributed by atoms with Crippen molar-refractivity contribution in [2.24, 2.45) is 5.10 Å². The first-order chi connectivity index (χ1) is 15.5. The first-order valence-electron chi connectivity index (χ1n) is 9.71. The van der Waals surface area contributed by atoms with Crippen molar-refractivity contribution in [1.82, 2.24) is 5.43 Å². The lowest BCUT2D eigenvalue weighted by Gasteiger charge is -2.13. The fraction of sp³-hybridized carbons (Fsp3) is 0.125. The second kappa shape index (κ2) is 11.3. The predicted molar refractivity (Wildman–Crippen MR) is 133 cm³/mol. The number of nitrogens with one attached hydrogen (secondary N) is 2. The average molecular weight is 543 g/mol. The SMILES string of the molecule is COc1cc(/C=N/NC(=O)c2ccc(C)cc2)cc(I)c1OCC(=O)Nc1ccccc1. The minimum atomic E-state index is -0.299. The molecule has 0 atom stereocenters. The number of rotatable bonds is 8. The zero-order valence-corrected chi connectivity index (χ0v) is 19.8. The van der Waals surface area contributed by atoms with Gasteiger partial charge >= 0.3 is 0 Å². The molecule has 8 heteroatoms. The van der Waals surface area contributed by atoms with Crippen molar-refractivity contribution in [2.45, 2.75) is 6.92 Å². The predicted octanol–water partition coefficient (Wildman–Crippen LogP) is 4.39. The number of carbonyl (C=O) groups is 2. The number of methoxy groups -OCH3 is 1. The molecule has 3 rings (SSSR count). The van der Waals surface area contributed by atoms with Gasteiger partial charge in [0.25, 0.3) is 11.8 Å². The normalized spacial score (nSPS) is 10.6. The first kappa shape index (κ1) is 23.3. The molecule has 32 heavy (non-hydrogen) atoms. The molecule has 0 saturated heterocycles. The quantitative estimate of drug-likeness (QED) is 0.251. The number of nitrogens with zero attached hydrogens (tertiary/aromatic N) is 1. The molecule has 164 valence electrons. The van der Waals surface area contributed by atoms with Gasteiger partial charge in [-0.3, -0.25) is 9.59 Å². The third kappa shape index (κ3) is 6.55. The van der Waals surface area contributed by atoms with Crippen LogP contribution in [-0.2, 0) is 4.79 Å². The van der Waals surface area contributed by atoms with Gasteiger partial charge in [-0.05, 0) is 71.5 Å². The molecule has 0 heterocycles. The molecule has 3 aromatic rings. The average Bonchev–Trinajstić information content (AvgIpc) is 2.79. The van der Waals surface area contributed by atoms with E-state index in [0.29, 0.717) is 28.3 Å². The van der Waals surface area contributed by atoms with Crippen LogP contribution in [0.2, 0.25) is 0 Å². The van der Waals surface area contributed by atoms with Crippen molar-refractivity contribution in [3.63, 3.8) is 0 Å². The molecule has 2 N–H and O–H groups in total. The highest BCUT2D eigenvalue weighted by Crippen LogP contribution is 2.33. The molecular weight excluding hydrogens is 521 g/mol. The first-order valence-corrected chi connectivity index (χ1v) is 10.8. The molecule has 0 spiro atoms. The third-order valence-electron chi connectivity index (χ3n) is 4.35. The van der Waals surface area contributed by atoms with Gasteiger partial charge in [0.2, 0.25) is 0 Å². The van der Waals surface area contributed by atoms with Crippen molar-refractivity contribution < 1.29 is 19.1 Å². The molecule has 0 aliphatic heterocycles. The van der Waals surface area contributed by atoms with E-state index in [1.54, 1.807) is 30.3 Å². The Morgan fingerprint density at radius 3 is 2.47 bits per heavy atom. The summed E-state index contributed by atoms with van der Waals surface area (Å²) in [4.78, 5) is 24.3. The molecule has 7 nitrogen and oxygen atoms in total. The molecule has 0 aromatic heterocycles. The van der Waals surface area contributed by atoms with E-state index in [4.69, 9.17) is 9.47 Å². The van der Waals surface area contributed by atoms with E-state index in [9.17, 15) is 9.59 Å². The van der Waals surface area contributed by atoms with E-state index in [2.05, 4.69) is 38.4 Å². The Morgan fingerprint density at radius 2 is 1.78 bits per heavy atom. The molecule has 2 amide bonds. The summed E-state index contributed by atoms with van der Waals surface area (Å²) in [5, 5.41) is 6.79. The molecule has 3 aromatic carbocycles. The lowest BCUT2D eigenvalue weighted by Crippen LogP contribution is -2.20. The second-order valence-corrected chi connectivity index (χ2v) is 7.96. The van der Waals surface area contributed by atoms with Crippen LogP contribution in [-0.4, -0.2) is 31.7 Å². The van der Waals surface area contributed by atoms with Crippen molar-refractivity contribution in [2.75, 3.05) is 19.0 Å². The highest BCUT2D eigenvalue weighted by Gasteiger charge is 2.13. The van der Waals surface area contributed by atoms with Crippen molar-refractivity contribution >= 4 is 46.3 Å². The monoisotopic (exact) mass is 543 g/mol. The smallest absolute Gasteiger partial charge is 0.271 e. The van der Waals surface area contributed by atoms with E-state index in [-0.39, 0.29) is 18.4 Å². The van der Waals surface area contributed by atoms with Crippen LogP contribution in [0.5, 0.6) is 11.5 Å². The maximum absolute atomic E-state index is 12.2. The number of hydrogen-bond acceptors (Lipinski definition) is 5. The highest BCUT2D eigenvalue weighted by atomic mass is 127. The summed E-state index contributed by atoms with van der Waals surface area (Å²) in [5.41, 5.74) is 5.51. The summed E-state index contributed by atoms with van der Waals surface area (Å²) in [7, 11) is 1.52. The van der Waals surface area contributed by atoms with Crippen molar-refractivity contribution in [3.8, 4) is 11.5 Å². The zero-order chi connectivity index (χ0) is 22.9. The number of amides is 2. The van der Waals surface area contributed by atoms with E-state index in [1.807, 2.05) is 43.3 Å². The van der Waals surface area contributed by atoms with Gasteiger partial charge in [0.1, 0.15) is 0 Å². The van der Waals surface area contributed by atoms with Crippen LogP contribution in [0.1, 0.15) is 21.5 Å². The van der Waals surface area contributed by atoms with Crippen molar-refractivity contribution in [3.05, 3.63) is 87.0 Å². The molecular formula is C24H22IN3O4. The van der Waals surface area contributed by atoms with Crippen LogP contribution < -0.4 is 20.2 Å². The summed E-state index contributed by atoms with van der Waals surface area (Å²) in [6.07, 6.45) is 1.52. The molecule has 0 bridgehead atoms.